The van der Waals surface area contributed by atoms with Gasteiger partial charge in [0.2, 0.25) is 0 Å². The van der Waals surface area contributed by atoms with Crippen molar-refractivity contribution in [3.05, 3.63) is 70.8 Å². The Kier molecular flexibility index (Phi) is 8.02. The second-order valence-electron chi connectivity index (χ2n) is 10.7. The standard InChI is InChI=1S/C30H40F2/c1-3-7-22-10-12-24(13-11-22)25-14-16-26(17-15-25)27-19-29(31)28(30(32)20-27)18-21(2)23-8-5-4-6-9-23/h4-6,8-9,19-22,24-26H,3,7,10-18H2,1-2H3/t21-,22-,24-,25?,26?/m0/s1. The molecule has 0 aliphatic heterocycles. The maximum atomic E-state index is 15.0. The molecule has 0 amide bonds. The van der Waals surface area contributed by atoms with E-state index in [-0.39, 0.29) is 23.1 Å². The highest BCUT2D eigenvalue weighted by molar-refractivity contribution is 5.31. The molecule has 2 saturated carbocycles. The van der Waals surface area contributed by atoms with Crippen molar-refractivity contribution in [2.45, 2.75) is 96.3 Å². The van der Waals surface area contributed by atoms with E-state index in [1.54, 1.807) is 12.1 Å². The summed E-state index contributed by atoms with van der Waals surface area (Å²) < 4.78 is 29.9. The number of hydrogen-bond acceptors (Lipinski definition) is 0. The Bertz CT molecular complexity index is 819. The summed E-state index contributed by atoms with van der Waals surface area (Å²) in [7, 11) is 0. The molecule has 2 aliphatic rings. The predicted molar refractivity (Wildman–Crippen MR) is 130 cm³/mol. The summed E-state index contributed by atoms with van der Waals surface area (Å²) >= 11 is 0. The minimum atomic E-state index is -0.362. The molecule has 2 aromatic rings. The normalized spacial score (nSPS) is 27.2. The summed E-state index contributed by atoms with van der Waals surface area (Å²) in [5, 5.41) is 0. The van der Waals surface area contributed by atoms with Gasteiger partial charge in [-0.25, -0.2) is 8.78 Å². The molecule has 0 aromatic heterocycles. The molecule has 0 N–H and O–H groups in total. The zero-order valence-corrected chi connectivity index (χ0v) is 20.0. The van der Waals surface area contributed by atoms with Crippen molar-refractivity contribution < 1.29 is 8.78 Å². The molecule has 2 aliphatic carbocycles. The number of halogens is 2. The average Bonchev–Trinajstić information content (AvgIpc) is 2.82. The van der Waals surface area contributed by atoms with Gasteiger partial charge in [-0.1, -0.05) is 69.9 Å². The molecule has 0 radical (unpaired) electrons. The summed E-state index contributed by atoms with van der Waals surface area (Å²) in [5.74, 6) is 2.36. The summed E-state index contributed by atoms with van der Waals surface area (Å²) in [4.78, 5) is 0. The highest BCUT2D eigenvalue weighted by atomic mass is 19.1. The highest BCUT2D eigenvalue weighted by Crippen LogP contribution is 2.44. The summed E-state index contributed by atoms with van der Waals surface area (Å²) in [6.45, 7) is 4.34. The van der Waals surface area contributed by atoms with Gasteiger partial charge in [-0.05, 0) is 97.8 Å². The van der Waals surface area contributed by atoms with Crippen molar-refractivity contribution in [3.63, 3.8) is 0 Å². The predicted octanol–water partition coefficient (Wildman–Crippen LogP) is 9.19. The maximum Gasteiger partial charge on any atom is 0.129 e. The fourth-order valence-electron chi connectivity index (χ4n) is 6.54. The first kappa shape index (κ1) is 23.5. The molecule has 32 heavy (non-hydrogen) atoms. The number of rotatable bonds is 7. The Balaban J connectivity index is 1.34. The van der Waals surface area contributed by atoms with E-state index in [1.165, 1.54) is 51.4 Å². The smallest absolute Gasteiger partial charge is 0.129 e. The van der Waals surface area contributed by atoms with E-state index in [4.69, 9.17) is 0 Å². The van der Waals surface area contributed by atoms with Crippen LogP contribution in [0.1, 0.15) is 107 Å². The van der Waals surface area contributed by atoms with Gasteiger partial charge in [-0.2, -0.15) is 0 Å². The lowest BCUT2D eigenvalue weighted by Crippen LogP contribution is -2.25. The molecule has 2 heteroatoms. The molecule has 4 rings (SSSR count). The van der Waals surface area contributed by atoms with Crippen LogP contribution in [0.2, 0.25) is 0 Å². The van der Waals surface area contributed by atoms with E-state index in [1.807, 2.05) is 37.3 Å². The van der Waals surface area contributed by atoms with Crippen molar-refractivity contribution in [1.29, 1.82) is 0 Å². The van der Waals surface area contributed by atoms with Gasteiger partial charge >= 0.3 is 0 Å². The van der Waals surface area contributed by atoms with E-state index in [0.29, 0.717) is 12.3 Å². The fourth-order valence-corrected chi connectivity index (χ4v) is 6.54. The third kappa shape index (κ3) is 5.61. The van der Waals surface area contributed by atoms with Gasteiger partial charge in [-0.3, -0.25) is 0 Å². The Hall–Kier alpha value is -1.70. The Labute approximate surface area is 193 Å². The zero-order chi connectivity index (χ0) is 22.5. The van der Waals surface area contributed by atoms with Crippen molar-refractivity contribution in [1.82, 2.24) is 0 Å². The van der Waals surface area contributed by atoms with E-state index in [2.05, 4.69) is 6.92 Å². The molecule has 174 valence electrons. The van der Waals surface area contributed by atoms with E-state index < -0.39 is 0 Å². The highest BCUT2D eigenvalue weighted by Gasteiger charge is 2.31. The Morgan fingerprint density at radius 1 is 0.812 bits per heavy atom. The van der Waals surface area contributed by atoms with Gasteiger partial charge in [0.1, 0.15) is 11.6 Å². The minimum absolute atomic E-state index is 0.0916. The monoisotopic (exact) mass is 438 g/mol. The molecule has 0 heterocycles. The number of hydrogen-bond donors (Lipinski definition) is 0. The van der Waals surface area contributed by atoms with Crippen LogP contribution < -0.4 is 0 Å². The van der Waals surface area contributed by atoms with Crippen LogP contribution >= 0.6 is 0 Å². The van der Waals surface area contributed by atoms with Crippen LogP contribution in [0.15, 0.2) is 42.5 Å². The minimum Gasteiger partial charge on any atom is -0.207 e. The van der Waals surface area contributed by atoms with Gasteiger partial charge in [0, 0.05) is 5.56 Å². The summed E-state index contributed by atoms with van der Waals surface area (Å²) in [6.07, 6.45) is 13.4. The largest absolute Gasteiger partial charge is 0.207 e. The molecule has 0 bridgehead atoms. The zero-order valence-electron chi connectivity index (χ0n) is 20.0. The summed E-state index contributed by atoms with van der Waals surface area (Å²) in [6, 6.07) is 13.3. The van der Waals surface area contributed by atoms with Crippen molar-refractivity contribution in [3.8, 4) is 0 Å². The first-order chi connectivity index (χ1) is 15.5. The molecular weight excluding hydrogens is 398 g/mol. The third-order valence-electron chi connectivity index (χ3n) is 8.54. The lowest BCUT2D eigenvalue weighted by atomic mass is 9.68. The van der Waals surface area contributed by atoms with Crippen LogP contribution in [-0.2, 0) is 6.42 Å². The third-order valence-corrected chi connectivity index (χ3v) is 8.54. The quantitative estimate of drug-likeness (QED) is 0.404. The SMILES string of the molecule is CCC[C@H]1CC[C@H](C2CCC(c3cc(F)c(C[C@H](C)c4ccccc4)c(F)c3)CC2)CC1. The van der Waals surface area contributed by atoms with E-state index >= 15 is 0 Å². The van der Waals surface area contributed by atoms with Crippen LogP contribution in [-0.4, -0.2) is 0 Å². The van der Waals surface area contributed by atoms with Crippen molar-refractivity contribution in [2.75, 3.05) is 0 Å². The molecular formula is C30H40F2. The lowest BCUT2D eigenvalue weighted by molar-refractivity contribution is 0.156. The molecule has 0 saturated heterocycles. The van der Waals surface area contributed by atoms with Gasteiger partial charge in [0.25, 0.3) is 0 Å². The molecule has 1 atom stereocenters. The van der Waals surface area contributed by atoms with Gasteiger partial charge in [0.05, 0.1) is 0 Å². The van der Waals surface area contributed by atoms with Crippen LogP contribution in [0.3, 0.4) is 0 Å². The van der Waals surface area contributed by atoms with E-state index in [9.17, 15) is 8.78 Å². The maximum absolute atomic E-state index is 15.0. The van der Waals surface area contributed by atoms with Crippen LogP contribution in [0.25, 0.3) is 0 Å². The Morgan fingerprint density at radius 3 is 1.94 bits per heavy atom. The molecule has 2 aromatic carbocycles. The molecule has 0 nitrogen and oxygen atoms in total. The molecule has 0 unspecified atom stereocenters. The first-order valence-electron chi connectivity index (χ1n) is 13.1. The summed E-state index contributed by atoms with van der Waals surface area (Å²) in [5.41, 5.74) is 2.24. The topological polar surface area (TPSA) is 0 Å². The van der Waals surface area contributed by atoms with Crippen LogP contribution in [0.5, 0.6) is 0 Å². The molecule has 2 fully saturated rings. The van der Waals surface area contributed by atoms with Crippen molar-refractivity contribution >= 4 is 0 Å². The fraction of sp³-hybridized carbons (Fsp3) is 0.600. The second kappa shape index (κ2) is 10.9. The first-order valence-corrected chi connectivity index (χ1v) is 13.1. The molecule has 0 spiro atoms. The Morgan fingerprint density at radius 2 is 1.38 bits per heavy atom. The van der Waals surface area contributed by atoms with Gasteiger partial charge in [0.15, 0.2) is 0 Å². The second-order valence-corrected chi connectivity index (χ2v) is 10.7. The van der Waals surface area contributed by atoms with E-state index in [0.717, 1.165) is 41.7 Å². The number of benzene rings is 2. The van der Waals surface area contributed by atoms with Gasteiger partial charge < -0.3 is 0 Å². The van der Waals surface area contributed by atoms with Crippen LogP contribution in [0, 0.1) is 29.4 Å². The van der Waals surface area contributed by atoms with Crippen molar-refractivity contribution in [2.24, 2.45) is 17.8 Å². The van der Waals surface area contributed by atoms with Crippen LogP contribution in [0.4, 0.5) is 8.78 Å². The lowest BCUT2D eigenvalue weighted by Gasteiger charge is -2.38. The average molecular weight is 439 g/mol. The van der Waals surface area contributed by atoms with Gasteiger partial charge in [-0.15, -0.1) is 0 Å².